The van der Waals surface area contributed by atoms with Crippen molar-refractivity contribution in [1.82, 2.24) is 15.2 Å². The maximum atomic E-state index is 5.79. The number of morpholine rings is 1. The molecular weight excluding hydrogens is 306 g/mol. The predicted molar refractivity (Wildman–Crippen MR) is 94.4 cm³/mol. The first-order valence-corrected chi connectivity index (χ1v) is 9.17. The first-order valence-electron chi connectivity index (χ1n) is 8.22. The van der Waals surface area contributed by atoms with Gasteiger partial charge in [0.1, 0.15) is 0 Å². The Morgan fingerprint density at radius 1 is 1.13 bits per heavy atom. The molecule has 1 aliphatic heterocycles. The van der Waals surface area contributed by atoms with E-state index in [1.165, 1.54) is 11.1 Å². The Balaban J connectivity index is 1.47. The fourth-order valence-corrected chi connectivity index (χ4v) is 3.65. The molecule has 0 spiro atoms. The molecule has 0 aliphatic carbocycles. The number of nitrogens with one attached hydrogen (secondary N) is 1. The summed E-state index contributed by atoms with van der Waals surface area (Å²) in [5, 5.41) is 5.52. The van der Waals surface area contributed by atoms with Crippen molar-refractivity contribution in [2.24, 2.45) is 0 Å². The maximum absolute atomic E-state index is 5.79. The van der Waals surface area contributed by atoms with Crippen molar-refractivity contribution in [3.63, 3.8) is 0 Å². The van der Waals surface area contributed by atoms with E-state index >= 15 is 0 Å². The molecule has 1 aromatic heterocycles. The van der Waals surface area contributed by atoms with Gasteiger partial charge < -0.3 is 10.1 Å². The van der Waals surface area contributed by atoms with E-state index in [4.69, 9.17) is 4.74 Å². The fourth-order valence-electron chi connectivity index (χ4n) is 3.09. The number of benzene rings is 1. The highest BCUT2D eigenvalue weighted by Gasteiger charge is 2.21. The highest BCUT2D eigenvalue weighted by Crippen LogP contribution is 2.14. The second-order valence-electron chi connectivity index (χ2n) is 6.35. The van der Waals surface area contributed by atoms with Gasteiger partial charge in [-0.05, 0) is 25.0 Å². The lowest BCUT2D eigenvalue weighted by Gasteiger charge is -2.35. The number of nitrogens with zero attached hydrogens (tertiary/aromatic N) is 2. The van der Waals surface area contributed by atoms with E-state index in [0.29, 0.717) is 12.2 Å². The van der Waals surface area contributed by atoms with Gasteiger partial charge in [-0.15, -0.1) is 11.3 Å². The van der Waals surface area contributed by atoms with Crippen LogP contribution in [0.2, 0.25) is 0 Å². The van der Waals surface area contributed by atoms with Crippen molar-refractivity contribution < 1.29 is 4.74 Å². The van der Waals surface area contributed by atoms with E-state index < -0.39 is 0 Å². The molecule has 4 nitrogen and oxygen atoms in total. The Bertz CT molecular complexity index is 575. The molecule has 1 aliphatic rings. The highest BCUT2D eigenvalue weighted by atomic mass is 32.1. The number of hydrogen-bond acceptors (Lipinski definition) is 5. The summed E-state index contributed by atoms with van der Waals surface area (Å²) >= 11 is 1.64. The van der Waals surface area contributed by atoms with Gasteiger partial charge in [0, 0.05) is 38.1 Å². The molecule has 124 valence electrons. The van der Waals surface area contributed by atoms with Crippen molar-refractivity contribution in [1.29, 1.82) is 0 Å². The molecule has 23 heavy (non-hydrogen) atoms. The Hall–Kier alpha value is -1.27. The van der Waals surface area contributed by atoms with Crippen LogP contribution in [0.15, 0.2) is 35.2 Å². The van der Waals surface area contributed by atoms with Crippen LogP contribution in [0.1, 0.15) is 30.7 Å². The number of rotatable bonds is 6. The number of thiazole rings is 1. The predicted octanol–water partition coefficient (Wildman–Crippen LogP) is 3.04. The summed E-state index contributed by atoms with van der Waals surface area (Å²) in [6.45, 7) is 9.05. The molecule has 2 aromatic rings. The molecule has 1 aromatic carbocycles. The monoisotopic (exact) mass is 331 g/mol. The largest absolute Gasteiger partial charge is 0.373 e. The minimum Gasteiger partial charge on any atom is -0.373 e. The average Bonchev–Trinajstić information content (AvgIpc) is 3.01. The molecule has 1 saturated heterocycles. The van der Waals surface area contributed by atoms with Gasteiger partial charge in [0.2, 0.25) is 0 Å². The first kappa shape index (κ1) is 16.6. The summed E-state index contributed by atoms with van der Waals surface area (Å²) in [5.41, 5.74) is 5.67. The van der Waals surface area contributed by atoms with Gasteiger partial charge in [0.05, 0.1) is 23.4 Å². The summed E-state index contributed by atoms with van der Waals surface area (Å²) in [5.74, 6) is 0. The Morgan fingerprint density at radius 3 is 2.48 bits per heavy atom. The van der Waals surface area contributed by atoms with Crippen molar-refractivity contribution in [2.75, 3.05) is 13.1 Å². The highest BCUT2D eigenvalue weighted by molar-refractivity contribution is 7.07. The zero-order valence-electron chi connectivity index (χ0n) is 13.9. The van der Waals surface area contributed by atoms with Crippen LogP contribution in [-0.2, 0) is 24.4 Å². The summed E-state index contributed by atoms with van der Waals surface area (Å²) in [6.07, 6.45) is 0.654. The van der Waals surface area contributed by atoms with Crippen LogP contribution >= 0.6 is 11.3 Å². The molecule has 5 heteroatoms. The lowest BCUT2D eigenvalue weighted by atomic mass is 10.1. The van der Waals surface area contributed by atoms with Gasteiger partial charge >= 0.3 is 0 Å². The van der Waals surface area contributed by atoms with Gasteiger partial charge in [-0.2, -0.15) is 0 Å². The van der Waals surface area contributed by atoms with Gasteiger partial charge in [-0.25, -0.2) is 4.98 Å². The minimum absolute atomic E-state index is 0.327. The van der Waals surface area contributed by atoms with E-state index in [0.717, 1.165) is 38.4 Å². The Kier molecular flexibility index (Phi) is 5.78. The van der Waals surface area contributed by atoms with Crippen LogP contribution < -0.4 is 5.32 Å². The van der Waals surface area contributed by atoms with Gasteiger partial charge in [0.15, 0.2) is 0 Å². The topological polar surface area (TPSA) is 37.4 Å². The van der Waals surface area contributed by atoms with Gasteiger partial charge in [-0.1, -0.05) is 24.3 Å². The SMILES string of the molecule is C[C@H]1CN(Cc2ccc(CNCc3cscn3)cc2)C[C@H](C)O1. The zero-order valence-corrected chi connectivity index (χ0v) is 14.7. The van der Waals surface area contributed by atoms with Gasteiger partial charge in [0.25, 0.3) is 0 Å². The quantitative estimate of drug-likeness (QED) is 0.883. The van der Waals surface area contributed by atoms with E-state index in [1.807, 2.05) is 5.51 Å². The average molecular weight is 331 g/mol. The molecule has 2 atom stereocenters. The smallest absolute Gasteiger partial charge is 0.0795 e. The van der Waals surface area contributed by atoms with Crippen LogP contribution in [0.4, 0.5) is 0 Å². The second kappa shape index (κ2) is 8.02. The molecule has 0 amide bonds. The lowest BCUT2D eigenvalue weighted by Crippen LogP contribution is -2.44. The van der Waals surface area contributed by atoms with Crippen molar-refractivity contribution in [3.05, 3.63) is 52.0 Å². The third kappa shape index (κ3) is 5.11. The molecule has 3 rings (SSSR count). The van der Waals surface area contributed by atoms with E-state index in [9.17, 15) is 0 Å². The first-order chi connectivity index (χ1) is 11.2. The van der Waals surface area contributed by atoms with Crippen molar-refractivity contribution in [3.8, 4) is 0 Å². The molecule has 0 saturated carbocycles. The van der Waals surface area contributed by atoms with Crippen LogP contribution in [0, 0.1) is 0 Å². The Morgan fingerprint density at radius 2 is 1.83 bits per heavy atom. The summed E-state index contributed by atoms with van der Waals surface area (Å²) < 4.78 is 5.79. The summed E-state index contributed by atoms with van der Waals surface area (Å²) in [7, 11) is 0. The van der Waals surface area contributed by atoms with Crippen LogP contribution in [0.5, 0.6) is 0 Å². The molecule has 0 bridgehead atoms. The third-order valence-electron chi connectivity index (χ3n) is 4.04. The van der Waals surface area contributed by atoms with Crippen LogP contribution in [-0.4, -0.2) is 35.2 Å². The number of aromatic nitrogens is 1. The molecule has 1 fully saturated rings. The maximum Gasteiger partial charge on any atom is 0.0795 e. The third-order valence-corrected chi connectivity index (χ3v) is 4.68. The van der Waals surface area contributed by atoms with Crippen LogP contribution in [0.3, 0.4) is 0 Å². The summed E-state index contributed by atoms with van der Waals surface area (Å²) in [6, 6.07) is 8.92. The van der Waals surface area contributed by atoms with E-state index in [2.05, 4.69) is 58.7 Å². The molecular formula is C18H25N3OS. The van der Waals surface area contributed by atoms with E-state index in [1.54, 1.807) is 11.3 Å². The van der Waals surface area contributed by atoms with Crippen molar-refractivity contribution >= 4 is 11.3 Å². The number of ether oxygens (including phenoxy) is 1. The second-order valence-corrected chi connectivity index (χ2v) is 7.07. The summed E-state index contributed by atoms with van der Waals surface area (Å²) in [4.78, 5) is 6.76. The lowest BCUT2D eigenvalue weighted by molar-refractivity contribution is -0.0704. The van der Waals surface area contributed by atoms with Crippen LogP contribution in [0.25, 0.3) is 0 Å². The Labute approximate surface area is 142 Å². The molecule has 2 heterocycles. The molecule has 0 radical (unpaired) electrons. The zero-order chi connectivity index (χ0) is 16.1. The normalized spacial score (nSPS) is 22.3. The standard InChI is InChI=1S/C18H25N3OS/c1-14-9-21(10-15(2)22-14)11-17-5-3-16(4-6-17)7-19-8-18-12-23-13-20-18/h3-6,12-15,19H,7-11H2,1-2H3/t14-,15-/m0/s1. The number of hydrogen-bond donors (Lipinski definition) is 1. The van der Waals surface area contributed by atoms with Crippen molar-refractivity contribution in [2.45, 2.75) is 45.7 Å². The fraction of sp³-hybridized carbons (Fsp3) is 0.500. The molecule has 1 N–H and O–H groups in total. The molecule has 0 unspecified atom stereocenters. The minimum atomic E-state index is 0.327. The van der Waals surface area contributed by atoms with Gasteiger partial charge in [-0.3, -0.25) is 4.90 Å². The van der Waals surface area contributed by atoms with E-state index in [-0.39, 0.29) is 0 Å².